The van der Waals surface area contributed by atoms with Crippen LogP contribution in [0.5, 0.6) is 0 Å². The first-order chi connectivity index (χ1) is 5.11. The predicted octanol–water partition coefficient (Wildman–Crippen LogP) is 1.04. The largest absolute Gasteiger partial charge is 0.481 e. The van der Waals surface area contributed by atoms with E-state index in [1.165, 1.54) is 0 Å². The molecule has 0 aromatic heterocycles. The number of carboxylic acids is 1. The number of aliphatic carboxylic acids is 1. The van der Waals surface area contributed by atoms with Crippen molar-refractivity contribution in [2.75, 3.05) is 0 Å². The molecule has 1 aliphatic rings. The molecule has 3 nitrogen and oxygen atoms in total. The zero-order chi connectivity index (χ0) is 8.43. The summed E-state index contributed by atoms with van der Waals surface area (Å²) in [7, 11) is 0. The fraction of sp³-hybridized carbons (Fsp3) is 0.857. The molecule has 2 N–H and O–H groups in total. The van der Waals surface area contributed by atoms with Crippen molar-refractivity contribution in [2.45, 2.75) is 29.3 Å². The highest BCUT2D eigenvalue weighted by Crippen LogP contribution is 2.29. The Bertz CT molecular complexity index is 160. The number of alkyl halides is 1. The van der Waals surface area contributed by atoms with E-state index in [0.717, 1.165) is 6.42 Å². The Morgan fingerprint density at radius 1 is 1.45 bits per heavy atom. The number of carboxylic acid groups (broad SMARTS) is 1. The highest BCUT2D eigenvalue weighted by molar-refractivity contribution is 14.1. The van der Waals surface area contributed by atoms with Gasteiger partial charge < -0.3 is 10.2 Å². The number of hydrogen-bond donors (Lipinski definition) is 2. The molecule has 3 atom stereocenters. The first-order valence-electron chi connectivity index (χ1n) is 3.66. The molecular formula is C7H11IO3. The lowest BCUT2D eigenvalue weighted by Gasteiger charge is -2.27. The van der Waals surface area contributed by atoms with Crippen LogP contribution in [-0.2, 0) is 4.79 Å². The molecule has 11 heavy (non-hydrogen) atoms. The Balaban J connectivity index is 2.46. The number of hydrogen-bond acceptors (Lipinski definition) is 2. The van der Waals surface area contributed by atoms with Crippen LogP contribution >= 0.6 is 22.6 Å². The van der Waals surface area contributed by atoms with Crippen LogP contribution in [0.4, 0.5) is 0 Å². The van der Waals surface area contributed by atoms with Gasteiger partial charge in [0.05, 0.1) is 12.0 Å². The van der Waals surface area contributed by atoms with Crippen LogP contribution in [0.2, 0.25) is 0 Å². The molecular weight excluding hydrogens is 259 g/mol. The lowest BCUT2D eigenvalue weighted by atomic mass is 9.87. The van der Waals surface area contributed by atoms with Gasteiger partial charge in [-0.15, -0.1) is 0 Å². The maximum atomic E-state index is 10.5. The van der Waals surface area contributed by atoms with Gasteiger partial charge in [-0.25, -0.2) is 0 Å². The maximum absolute atomic E-state index is 10.5. The molecule has 0 amide bonds. The molecule has 0 radical (unpaired) electrons. The van der Waals surface area contributed by atoms with E-state index in [4.69, 9.17) is 5.11 Å². The monoisotopic (exact) mass is 270 g/mol. The van der Waals surface area contributed by atoms with E-state index >= 15 is 0 Å². The summed E-state index contributed by atoms with van der Waals surface area (Å²) in [5, 5.41) is 18.0. The normalized spacial score (nSPS) is 38.5. The Labute approximate surface area is 78.9 Å². The predicted molar refractivity (Wildman–Crippen MR) is 48.8 cm³/mol. The number of rotatable bonds is 1. The Morgan fingerprint density at radius 2 is 2.09 bits per heavy atom. The van der Waals surface area contributed by atoms with E-state index in [1.807, 2.05) is 0 Å². The van der Waals surface area contributed by atoms with Gasteiger partial charge in [-0.1, -0.05) is 22.6 Å². The van der Waals surface area contributed by atoms with Gasteiger partial charge in [0.25, 0.3) is 0 Å². The molecule has 1 saturated carbocycles. The highest BCUT2D eigenvalue weighted by Gasteiger charge is 2.30. The van der Waals surface area contributed by atoms with Gasteiger partial charge in [0.15, 0.2) is 0 Å². The SMILES string of the molecule is O=C(O)C1CC[C@@H](I)C(O)C1. The van der Waals surface area contributed by atoms with E-state index in [-0.39, 0.29) is 9.84 Å². The Kier molecular flexibility index (Phi) is 3.12. The van der Waals surface area contributed by atoms with Gasteiger partial charge in [0.2, 0.25) is 0 Å². The molecule has 0 saturated heterocycles. The Hall–Kier alpha value is 0.160. The van der Waals surface area contributed by atoms with Crippen LogP contribution in [0.3, 0.4) is 0 Å². The number of aliphatic hydroxyl groups excluding tert-OH is 1. The molecule has 0 bridgehead atoms. The van der Waals surface area contributed by atoms with Crippen molar-refractivity contribution in [3.63, 3.8) is 0 Å². The van der Waals surface area contributed by atoms with Gasteiger partial charge in [-0.3, -0.25) is 4.79 Å². The first-order valence-corrected chi connectivity index (χ1v) is 4.90. The van der Waals surface area contributed by atoms with Crippen LogP contribution in [0.15, 0.2) is 0 Å². The third kappa shape index (κ3) is 2.30. The molecule has 0 spiro atoms. The average molecular weight is 270 g/mol. The summed E-state index contributed by atoms with van der Waals surface area (Å²) in [5.41, 5.74) is 0. The third-order valence-electron chi connectivity index (χ3n) is 2.08. The molecule has 64 valence electrons. The summed E-state index contributed by atoms with van der Waals surface area (Å²) in [6, 6.07) is 0. The summed E-state index contributed by atoms with van der Waals surface area (Å²) in [4.78, 5) is 10.5. The molecule has 1 fully saturated rings. The second kappa shape index (κ2) is 3.71. The zero-order valence-corrected chi connectivity index (χ0v) is 8.19. The average Bonchev–Trinajstić information content (AvgIpc) is 1.94. The fourth-order valence-corrected chi connectivity index (χ4v) is 1.99. The van der Waals surface area contributed by atoms with Crippen LogP contribution in [-0.4, -0.2) is 26.2 Å². The van der Waals surface area contributed by atoms with E-state index in [2.05, 4.69) is 22.6 Å². The molecule has 4 heteroatoms. The van der Waals surface area contributed by atoms with Crippen molar-refractivity contribution in [1.82, 2.24) is 0 Å². The minimum absolute atomic E-state index is 0.239. The Morgan fingerprint density at radius 3 is 2.55 bits per heavy atom. The van der Waals surface area contributed by atoms with Crippen molar-refractivity contribution in [3.8, 4) is 0 Å². The lowest BCUT2D eigenvalue weighted by molar-refractivity contribution is -0.143. The molecule has 0 aliphatic heterocycles. The number of halogens is 1. The molecule has 2 unspecified atom stereocenters. The second-order valence-electron chi connectivity index (χ2n) is 2.93. The van der Waals surface area contributed by atoms with Crippen LogP contribution in [0.1, 0.15) is 19.3 Å². The highest BCUT2D eigenvalue weighted by atomic mass is 127. The number of carbonyl (C=O) groups is 1. The van der Waals surface area contributed by atoms with Gasteiger partial charge in [0.1, 0.15) is 0 Å². The summed E-state index contributed by atoms with van der Waals surface area (Å²) in [6.07, 6.45) is 1.52. The van der Waals surface area contributed by atoms with Crippen molar-refractivity contribution < 1.29 is 15.0 Å². The lowest BCUT2D eigenvalue weighted by Crippen LogP contribution is -2.32. The van der Waals surface area contributed by atoms with E-state index in [9.17, 15) is 9.90 Å². The summed E-state index contributed by atoms with van der Waals surface area (Å²) >= 11 is 2.17. The van der Waals surface area contributed by atoms with Gasteiger partial charge in [-0.05, 0) is 19.3 Å². The zero-order valence-electron chi connectivity index (χ0n) is 6.03. The van der Waals surface area contributed by atoms with Crippen molar-refractivity contribution in [3.05, 3.63) is 0 Å². The topological polar surface area (TPSA) is 57.5 Å². The van der Waals surface area contributed by atoms with Gasteiger partial charge >= 0.3 is 5.97 Å². The summed E-state index contributed by atoms with van der Waals surface area (Å²) in [6.45, 7) is 0. The van der Waals surface area contributed by atoms with Crippen molar-refractivity contribution in [2.24, 2.45) is 5.92 Å². The van der Waals surface area contributed by atoms with Crippen molar-refractivity contribution >= 4 is 28.6 Å². The van der Waals surface area contributed by atoms with Crippen LogP contribution in [0, 0.1) is 5.92 Å². The molecule has 1 aliphatic carbocycles. The minimum atomic E-state index is -0.771. The molecule has 0 heterocycles. The first kappa shape index (κ1) is 9.25. The van der Waals surface area contributed by atoms with Gasteiger partial charge in [0, 0.05) is 3.92 Å². The number of aliphatic hydroxyl groups is 1. The van der Waals surface area contributed by atoms with Crippen LogP contribution < -0.4 is 0 Å². The van der Waals surface area contributed by atoms with E-state index in [1.54, 1.807) is 0 Å². The maximum Gasteiger partial charge on any atom is 0.306 e. The quantitative estimate of drug-likeness (QED) is 0.553. The summed E-state index contributed by atoms with van der Waals surface area (Å²) in [5.74, 6) is -1.09. The standard InChI is InChI=1S/C7H11IO3/c8-5-2-1-4(7(10)11)3-6(5)9/h4-6,9H,1-3H2,(H,10,11)/t4?,5-,6?/m1/s1. The van der Waals surface area contributed by atoms with E-state index in [0.29, 0.717) is 12.8 Å². The third-order valence-corrected chi connectivity index (χ3v) is 3.54. The minimum Gasteiger partial charge on any atom is -0.481 e. The molecule has 1 rings (SSSR count). The summed E-state index contributed by atoms with van der Waals surface area (Å²) < 4.78 is 0.239. The van der Waals surface area contributed by atoms with Gasteiger partial charge in [-0.2, -0.15) is 0 Å². The fourth-order valence-electron chi connectivity index (χ4n) is 1.33. The van der Waals surface area contributed by atoms with Crippen molar-refractivity contribution in [1.29, 1.82) is 0 Å². The second-order valence-corrected chi connectivity index (χ2v) is 4.53. The van der Waals surface area contributed by atoms with E-state index < -0.39 is 12.1 Å². The van der Waals surface area contributed by atoms with Crippen LogP contribution in [0.25, 0.3) is 0 Å². The molecule has 0 aromatic carbocycles. The molecule has 0 aromatic rings. The smallest absolute Gasteiger partial charge is 0.306 e.